The molecule has 1 aliphatic rings. The molecule has 0 atom stereocenters. The summed E-state index contributed by atoms with van der Waals surface area (Å²) < 4.78 is 0. The van der Waals surface area contributed by atoms with E-state index in [9.17, 15) is 4.79 Å². The van der Waals surface area contributed by atoms with Crippen molar-refractivity contribution in [2.75, 3.05) is 19.3 Å². The molecule has 0 saturated heterocycles. The first-order valence-corrected chi connectivity index (χ1v) is 10.0. The van der Waals surface area contributed by atoms with Crippen LogP contribution in [0.1, 0.15) is 43.2 Å². The minimum atomic E-state index is 0.0989. The van der Waals surface area contributed by atoms with Crippen LogP contribution in [0, 0.1) is 18.4 Å². The number of hydrazone groups is 1. The lowest BCUT2D eigenvalue weighted by Crippen LogP contribution is -2.32. The lowest BCUT2D eigenvalue weighted by molar-refractivity contribution is -0.131. The van der Waals surface area contributed by atoms with Gasteiger partial charge in [0, 0.05) is 25.9 Å². The van der Waals surface area contributed by atoms with Crippen LogP contribution < -0.4 is 5.32 Å². The predicted octanol–water partition coefficient (Wildman–Crippen LogP) is 3.28. The Morgan fingerprint density at radius 1 is 1.31 bits per heavy atom. The van der Waals surface area contributed by atoms with Crippen LogP contribution in [-0.2, 0) is 4.79 Å². The Labute approximate surface area is 159 Å². The number of nitrogens with one attached hydrogen (secondary N) is 1. The van der Waals surface area contributed by atoms with Crippen molar-refractivity contribution in [1.29, 1.82) is 5.26 Å². The molecule has 1 aromatic carbocycles. The Morgan fingerprint density at radius 3 is 2.77 bits per heavy atom. The number of carbonyl (C=O) groups excluding carboxylic acids is 1. The highest BCUT2D eigenvalue weighted by molar-refractivity contribution is 8.13. The van der Waals surface area contributed by atoms with E-state index in [1.807, 2.05) is 12.4 Å². The molecule has 0 saturated carbocycles. The summed E-state index contributed by atoms with van der Waals surface area (Å²) in [6.07, 6.45) is 7.78. The number of nitriles is 1. The minimum absolute atomic E-state index is 0.0989. The van der Waals surface area contributed by atoms with Crippen LogP contribution in [0.3, 0.4) is 0 Å². The number of aliphatic imine (C=N–C) groups is 1. The Balaban J connectivity index is 1.80. The molecule has 1 amide bonds. The topological polar surface area (TPSA) is 80.8 Å². The van der Waals surface area contributed by atoms with Gasteiger partial charge in [-0.1, -0.05) is 41.6 Å². The zero-order chi connectivity index (χ0) is 18.8. The SMILES string of the molecule is CS/C(=N\CCCCCN1N=C(c2ccc(C)cc2)CCC1=O)NC#N. The van der Waals surface area contributed by atoms with Gasteiger partial charge >= 0.3 is 0 Å². The summed E-state index contributed by atoms with van der Waals surface area (Å²) in [5.74, 6) is 0.0989. The van der Waals surface area contributed by atoms with E-state index in [1.54, 1.807) is 5.01 Å². The van der Waals surface area contributed by atoms with E-state index in [2.05, 4.69) is 46.6 Å². The second-order valence-corrected chi connectivity index (χ2v) is 6.91. The number of carbonyl (C=O) groups is 1. The van der Waals surface area contributed by atoms with Crippen molar-refractivity contribution in [2.45, 2.75) is 39.0 Å². The Hall–Kier alpha value is -2.33. The molecule has 2 rings (SSSR count). The molecule has 7 heteroatoms. The maximum Gasteiger partial charge on any atom is 0.243 e. The number of thioether (sulfide) groups is 1. The number of hydrogen-bond acceptors (Lipinski definition) is 5. The number of aryl methyl sites for hydroxylation is 1. The fourth-order valence-corrected chi connectivity index (χ4v) is 3.03. The van der Waals surface area contributed by atoms with E-state index >= 15 is 0 Å². The summed E-state index contributed by atoms with van der Waals surface area (Å²) in [5.41, 5.74) is 3.30. The Morgan fingerprint density at radius 2 is 2.08 bits per heavy atom. The summed E-state index contributed by atoms with van der Waals surface area (Å²) in [5, 5.41) is 18.0. The van der Waals surface area contributed by atoms with Crippen molar-refractivity contribution in [3.05, 3.63) is 35.4 Å². The van der Waals surface area contributed by atoms with Crippen molar-refractivity contribution in [2.24, 2.45) is 10.1 Å². The molecule has 26 heavy (non-hydrogen) atoms. The second-order valence-electron chi connectivity index (χ2n) is 6.12. The van der Waals surface area contributed by atoms with Crippen molar-refractivity contribution in [1.82, 2.24) is 10.3 Å². The highest BCUT2D eigenvalue weighted by atomic mass is 32.2. The Bertz CT molecular complexity index is 706. The molecule has 1 heterocycles. The van der Waals surface area contributed by atoms with Crippen LogP contribution in [0.2, 0.25) is 0 Å². The zero-order valence-corrected chi connectivity index (χ0v) is 16.2. The first kappa shape index (κ1) is 20.0. The number of amidine groups is 1. The molecule has 0 fully saturated rings. The molecule has 1 aromatic rings. The molecule has 0 aromatic heterocycles. The van der Waals surface area contributed by atoms with Crippen molar-refractivity contribution < 1.29 is 4.79 Å². The smallest absolute Gasteiger partial charge is 0.243 e. The maximum atomic E-state index is 12.1. The number of nitrogens with zero attached hydrogens (tertiary/aromatic N) is 4. The van der Waals surface area contributed by atoms with Crippen molar-refractivity contribution in [3.8, 4) is 6.19 Å². The molecule has 0 spiro atoms. The largest absolute Gasteiger partial charge is 0.273 e. The number of rotatable bonds is 7. The van der Waals surface area contributed by atoms with Gasteiger partial charge in [-0.25, -0.2) is 5.01 Å². The predicted molar refractivity (Wildman–Crippen MR) is 107 cm³/mol. The van der Waals surface area contributed by atoms with Crippen LogP contribution in [0.25, 0.3) is 0 Å². The summed E-state index contributed by atoms with van der Waals surface area (Å²) in [4.78, 5) is 16.4. The molecule has 1 N–H and O–H groups in total. The molecule has 138 valence electrons. The average molecular weight is 372 g/mol. The fourth-order valence-electron chi connectivity index (χ4n) is 2.66. The van der Waals surface area contributed by atoms with Gasteiger partial charge in [0.15, 0.2) is 11.4 Å². The molecular formula is C19H25N5OS. The average Bonchev–Trinajstić information content (AvgIpc) is 2.65. The van der Waals surface area contributed by atoms with Gasteiger partial charge in [-0.15, -0.1) is 0 Å². The van der Waals surface area contributed by atoms with Gasteiger partial charge in [-0.2, -0.15) is 10.4 Å². The standard InChI is InChI=1S/C19H25N5OS/c1-15-6-8-16(9-7-15)17-10-11-18(25)24(23-17)13-5-3-4-12-21-19(26-2)22-14-20/h6-9H,3-5,10-13H2,1-2H3,(H,21,22). The van der Waals surface area contributed by atoms with Crippen LogP contribution in [-0.4, -0.2) is 41.1 Å². The summed E-state index contributed by atoms with van der Waals surface area (Å²) in [6, 6.07) is 8.28. The van der Waals surface area contributed by atoms with E-state index in [4.69, 9.17) is 5.26 Å². The van der Waals surface area contributed by atoms with E-state index in [0.717, 1.165) is 30.5 Å². The molecule has 0 bridgehead atoms. The number of amides is 1. The number of hydrogen-bond donors (Lipinski definition) is 1. The zero-order valence-electron chi connectivity index (χ0n) is 15.4. The second kappa shape index (κ2) is 10.6. The van der Waals surface area contributed by atoms with Gasteiger partial charge in [-0.3, -0.25) is 15.1 Å². The quantitative estimate of drug-likeness (QED) is 0.262. The van der Waals surface area contributed by atoms with Crippen LogP contribution in [0.4, 0.5) is 0 Å². The van der Waals surface area contributed by atoms with Crippen LogP contribution in [0.15, 0.2) is 34.4 Å². The monoisotopic (exact) mass is 371 g/mol. The maximum absolute atomic E-state index is 12.1. The van der Waals surface area contributed by atoms with E-state index in [-0.39, 0.29) is 5.91 Å². The third-order valence-corrected chi connectivity index (χ3v) is 4.75. The highest BCUT2D eigenvalue weighted by Gasteiger charge is 2.20. The number of unbranched alkanes of at least 4 members (excludes halogenated alkanes) is 2. The molecule has 0 unspecified atom stereocenters. The van der Waals surface area contributed by atoms with Crippen molar-refractivity contribution in [3.63, 3.8) is 0 Å². The molecule has 6 nitrogen and oxygen atoms in total. The lowest BCUT2D eigenvalue weighted by Gasteiger charge is -2.23. The van der Waals surface area contributed by atoms with Crippen molar-refractivity contribution >= 4 is 28.5 Å². The van der Waals surface area contributed by atoms with E-state index < -0.39 is 0 Å². The lowest BCUT2D eigenvalue weighted by atomic mass is 10.0. The number of benzene rings is 1. The fraction of sp³-hybridized carbons (Fsp3) is 0.474. The third-order valence-electron chi connectivity index (χ3n) is 4.13. The van der Waals surface area contributed by atoms with Gasteiger partial charge in [-0.05, 0) is 38.0 Å². The molecule has 0 aliphatic carbocycles. The van der Waals surface area contributed by atoms with E-state index in [1.165, 1.54) is 17.3 Å². The highest BCUT2D eigenvalue weighted by Crippen LogP contribution is 2.16. The first-order valence-electron chi connectivity index (χ1n) is 8.82. The summed E-state index contributed by atoms with van der Waals surface area (Å²) in [6.45, 7) is 3.38. The minimum Gasteiger partial charge on any atom is -0.273 e. The van der Waals surface area contributed by atoms with Gasteiger partial charge in [0.1, 0.15) is 0 Å². The first-order chi connectivity index (χ1) is 12.6. The Kier molecular flexibility index (Phi) is 8.16. The molecule has 1 aliphatic heterocycles. The van der Waals surface area contributed by atoms with Gasteiger partial charge < -0.3 is 0 Å². The molecular weight excluding hydrogens is 346 g/mol. The van der Waals surface area contributed by atoms with Gasteiger partial charge in [0.2, 0.25) is 5.91 Å². The van der Waals surface area contributed by atoms with Crippen LogP contribution >= 0.6 is 11.8 Å². The van der Waals surface area contributed by atoms with Gasteiger partial charge in [0.25, 0.3) is 0 Å². The van der Waals surface area contributed by atoms with Gasteiger partial charge in [0.05, 0.1) is 5.71 Å². The van der Waals surface area contributed by atoms with E-state index in [0.29, 0.717) is 31.1 Å². The normalized spacial score (nSPS) is 14.8. The van der Waals surface area contributed by atoms with Crippen LogP contribution in [0.5, 0.6) is 0 Å². The molecule has 0 radical (unpaired) electrons. The third kappa shape index (κ3) is 6.19. The summed E-state index contributed by atoms with van der Waals surface area (Å²) >= 11 is 1.43. The summed E-state index contributed by atoms with van der Waals surface area (Å²) in [7, 11) is 0.